The zero-order valence-corrected chi connectivity index (χ0v) is 12.3. The summed E-state index contributed by atoms with van der Waals surface area (Å²) in [5.74, 6) is 0.272. The van der Waals surface area contributed by atoms with E-state index in [0.717, 1.165) is 17.7 Å². The molecule has 0 radical (unpaired) electrons. The molecule has 1 saturated carbocycles. The third-order valence-electron chi connectivity index (χ3n) is 4.58. The van der Waals surface area contributed by atoms with Gasteiger partial charge in [-0.1, -0.05) is 25.1 Å². The minimum Gasteiger partial charge on any atom is -0.480 e. The zero-order valence-electron chi connectivity index (χ0n) is 12.3. The lowest BCUT2D eigenvalue weighted by Gasteiger charge is -2.28. The van der Waals surface area contributed by atoms with Crippen LogP contribution in [0.2, 0.25) is 0 Å². The number of carbonyl (C=O) groups excluding carboxylic acids is 1. The van der Waals surface area contributed by atoms with Crippen molar-refractivity contribution < 1.29 is 14.7 Å². The van der Waals surface area contributed by atoms with Crippen molar-refractivity contribution in [3.8, 4) is 0 Å². The Kier molecular flexibility index (Phi) is 3.35. The molecule has 2 amide bonds. The normalized spacial score (nSPS) is 26.4. The van der Waals surface area contributed by atoms with E-state index in [-0.39, 0.29) is 6.03 Å². The third-order valence-corrected chi connectivity index (χ3v) is 4.58. The summed E-state index contributed by atoms with van der Waals surface area (Å²) in [6.45, 7) is 2.87. The van der Waals surface area contributed by atoms with Crippen molar-refractivity contribution in [1.29, 1.82) is 0 Å². The summed E-state index contributed by atoms with van der Waals surface area (Å²) in [6, 6.07) is 6.42. The van der Waals surface area contributed by atoms with Crippen LogP contribution < -0.4 is 4.90 Å². The second-order valence-corrected chi connectivity index (χ2v) is 6.19. The lowest BCUT2D eigenvalue weighted by Crippen LogP contribution is -2.49. The molecule has 1 aromatic carbocycles. The fourth-order valence-corrected chi connectivity index (χ4v) is 3.09. The lowest BCUT2D eigenvalue weighted by atomic mass is 10.1. The number of carboxylic acid groups (broad SMARTS) is 1. The highest BCUT2D eigenvalue weighted by Gasteiger charge is 2.41. The van der Waals surface area contributed by atoms with Crippen molar-refractivity contribution >= 4 is 17.7 Å². The van der Waals surface area contributed by atoms with Crippen molar-refractivity contribution in [2.45, 2.75) is 25.8 Å². The van der Waals surface area contributed by atoms with Crippen molar-refractivity contribution in [2.75, 3.05) is 18.5 Å². The number of anilines is 1. The first-order valence-corrected chi connectivity index (χ1v) is 7.34. The Morgan fingerprint density at radius 2 is 2.05 bits per heavy atom. The average molecular weight is 288 g/mol. The number of benzene rings is 1. The lowest BCUT2D eigenvalue weighted by molar-refractivity contribution is -0.138. The molecule has 21 heavy (non-hydrogen) atoms. The SMILES string of the molecule is CC1CC1CN(C)C(=O)N1c2ccccc2CC1C(=O)O. The van der Waals surface area contributed by atoms with E-state index in [1.807, 2.05) is 24.3 Å². The number of urea groups is 1. The van der Waals surface area contributed by atoms with Crippen LogP contribution in [0.3, 0.4) is 0 Å². The van der Waals surface area contributed by atoms with Crippen LogP contribution in [0.1, 0.15) is 18.9 Å². The first-order valence-electron chi connectivity index (χ1n) is 7.34. The number of hydrogen-bond acceptors (Lipinski definition) is 2. The van der Waals surface area contributed by atoms with Crippen LogP contribution in [0.25, 0.3) is 0 Å². The second-order valence-electron chi connectivity index (χ2n) is 6.19. The first-order chi connectivity index (χ1) is 9.99. The highest BCUT2D eigenvalue weighted by atomic mass is 16.4. The van der Waals surface area contributed by atoms with E-state index in [1.165, 1.54) is 4.90 Å². The van der Waals surface area contributed by atoms with Gasteiger partial charge in [0.05, 0.1) is 0 Å². The highest BCUT2D eigenvalue weighted by Crippen LogP contribution is 2.39. The summed E-state index contributed by atoms with van der Waals surface area (Å²) in [5, 5.41) is 9.41. The molecule has 3 atom stereocenters. The van der Waals surface area contributed by atoms with Crippen molar-refractivity contribution in [1.82, 2.24) is 4.90 Å². The molecule has 112 valence electrons. The molecule has 2 aliphatic rings. The van der Waals surface area contributed by atoms with Gasteiger partial charge in [-0.25, -0.2) is 9.59 Å². The van der Waals surface area contributed by atoms with Crippen LogP contribution in [0.4, 0.5) is 10.5 Å². The van der Waals surface area contributed by atoms with Crippen LogP contribution in [0.5, 0.6) is 0 Å². The first kappa shape index (κ1) is 13.9. The highest BCUT2D eigenvalue weighted by molar-refractivity contribution is 6.00. The van der Waals surface area contributed by atoms with Gasteiger partial charge < -0.3 is 10.0 Å². The summed E-state index contributed by atoms with van der Waals surface area (Å²) in [6.07, 6.45) is 1.53. The average Bonchev–Trinajstić information content (AvgIpc) is 3.01. The summed E-state index contributed by atoms with van der Waals surface area (Å²) < 4.78 is 0. The topological polar surface area (TPSA) is 60.9 Å². The van der Waals surface area contributed by atoms with Crippen molar-refractivity contribution in [3.05, 3.63) is 29.8 Å². The Bertz CT molecular complexity index is 587. The number of nitrogens with zero attached hydrogens (tertiary/aromatic N) is 2. The second kappa shape index (κ2) is 5.06. The smallest absolute Gasteiger partial charge is 0.327 e. The number of carbonyl (C=O) groups is 2. The van der Waals surface area contributed by atoms with Gasteiger partial charge in [0.25, 0.3) is 0 Å². The molecule has 3 unspecified atom stereocenters. The van der Waals surface area contributed by atoms with Gasteiger partial charge in [0, 0.05) is 25.7 Å². The van der Waals surface area contributed by atoms with Gasteiger partial charge in [0.2, 0.25) is 0 Å². The standard InChI is InChI=1S/C16H20N2O3/c1-10-7-12(10)9-17(2)16(21)18-13-6-4-3-5-11(13)8-14(18)15(19)20/h3-6,10,12,14H,7-9H2,1-2H3,(H,19,20). The summed E-state index contributed by atoms with van der Waals surface area (Å²) >= 11 is 0. The van der Waals surface area contributed by atoms with E-state index in [2.05, 4.69) is 6.92 Å². The van der Waals surface area contributed by atoms with Gasteiger partial charge in [-0.15, -0.1) is 0 Å². The molecule has 5 nitrogen and oxygen atoms in total. The van der Waals surface area contributed by atoms with E-state index in [1.54, 1.807) is 11.9 Å². The Morgan fingerprint density at radius 3 is 2.67 bits per heavy atom. The molecule has 1 fully saturated rings. The fourth-order valence-electron chi connectivity index (χ4n) is 3.09. The fraction of sp³-hybridized carbons (Fsp3) is 0.500. The molecule has 0 bridgehead atoms. The van der Waals surface area contributed by atoms with E-state index in [9.17, 15) is 14.7 Å². The maximum absolute atomic E-state index is 12.7. The monoisotopic (exact) mass is 288 g/mol. The Labute approximate surface area is 124 Å². The number of rotatable bonds is 3. The predicted molar refractivity (Wildman–Crippen MR) is 79.3 cm³/mol. The Morgan fingerprint density at radius 1 is 1.38 bits per heavy atom. The largest absolute Gasteiger partial charge is 0.480 e. The minimum atomic E-state index is -0.951. The molecule has 3 rings (SSSR count). The summed E-state index contributed by atoms with van der Waals surface area (Å²) in [7, 11) is 1.76. The molecular formula is C16H20N2O3. The number of amides is 2. The van der Waals surface area contributed by atoms with Gasteiger partial charge in [-0.05, 0) is 29.9 Å². The molecule has 1 aliphatic carbocycles. The maximum Gasteiger partial charge on any atom is 0.327 e. The van der Waals surface area contributed by atoms with Crippen LogP contribution in [-0.4, -0.2) is 41.6 Å². The van der Waals surface area contributed by atoms with Crippen LogP contribution in [-0.2, 0) is 11.2 Å². The number of fused-ring (bicyclic) bond motifs is 1. The van der Waals surface area contributed by atoms with Gasteiger partial charge >= 0.3 is 12.0 Å². The number of para-hydroxylation sites is 1. The third kappa shape index (κ3) is 2.48. The van der Waals surface area contributed by atoms with Crippen LogP contribution >= 0.6 is 0 Å². The predicted octanol–water partition coefficient (Wildman–Crippen LogP) is 2.21. The Hall–Kier alpha value is -2.04. The molecular weight excluding hydrogens is 268 g/mol. The van der Waals surface area contributed by atoms with Crippen LogP contribution in [0.15, 0.2) is 24.3 Å². The van der Waals surface area contributed by atoms with E-state index in [0.29, 0.717) is 24.8 Å². The van der Waals surface area contributed by atoms with Crippen molar-refractivity contribution in [3.63, 3.8) is 0 Å². The molecule has 1 heterocycles. The zero-order chi connectivity index (χ0) is 15.1. The van der Waals surface area contributed by atoms with Crippen molar-refractivity contribution in [2.24, 2.45) is 11.8 Å². The van der Waals surface area contributed by atoms with E-state index < -0.39 is 12.0 Å². The maximum atomic E-state index is 12.7. The molecule has 0 spiro atoms. The molecule has 0 saturated heterocycles. The number of aliphatic carboxylic acids is 1. The molecule has 1 aliphatic heterocycles. The minimum absolute atomic E-state index is 0.216. The molecule has 0 aromatic heterocycles. The Balaban J connectivity index is 1.83. The molecule has 1 aromatic rings. The van der Waals surface area contributed by atoms with Gasteiger partial charge in [0.15, 0.2) is 0 Å². The number of carboxylic acids is 1. The van der Waals surface area contributed by atoms with Gasteiger partial charge in [-0.2, -0.15) is 0 Å². The van der Waals surface area contributed by atoms with E-state index in [4.69, 9.17) is 0 Å². The van der Waals surface area contributed by atoms with Crippen LogP contribution in [0, 0.1) is 11.8 Å². The van der Waals surface area contributed by atoms with E-state index >= 15 is 0 Å². The number of hydrogen-bond donors (Lipinski definition) is 1. The van der Waals surface area contributed by atoms with Gasteiger partial charge in [-0.3, -0.25) is 4.90 Å². The molecule has 1 N–H and O–H groups in total. The van der Waals surface area contributed by atoms with Gasteiger partial charge in [0.1, 0.15) is 6.04 Å². The summed E-state index contributed by atoms with van der Waals surface area (Å²) in [4.78, 5) is 27.3. The molecule has 5 heteroatoms. The quantitative estimate of drug-likeness (QED) is 0.927. The summed E-state index contributed by atoms with van der Waals surface area (Å²) in [5.41, 5.74) is 1.65.